The van der Waals surface area contributed by atoms with Crippen molar-refractivity contribution in [3.05, 3.63) is 0 Å². The lowest BCUT2D eigenvalue weighted by molar-refractivity contribution is -0.143. The fourth-order valence-corrected chi connectivity index (χ4v) is 2.48. The molecule has 2 aliphatic heterocycles. The van der Waals surface area contributed by atoms with Gasteiger partial charge in [0.05, 0.1) is 6.54 Å². The van der Waals surface area contributed by atoms with Crippen molar-refractivity contribution in [3.63, 3.8) is 0 Å². The van der Waals surface area contributed by atoms with E-state index in [2.05, 4.69) is 5.32 Å². The Kier molecular flexibility index (Phi) is 3.99. The Bertz CT molecular complexity index is 306. The molecule has 1 N–H and O–H groups in total. The lowest BCUT2D eigenvalue weighted by atomic mass is 9.88. The van der Waals surface area contributed by atoms with Crippen molar-refractivity contribution in [2.45, 2.75) is 19.8 Å². The van der Waals surface area contributed by atoms with Gasteiger partial charge < -0.3 is 15.0 Å². The maximum Gasteiger partial charge on any atom is 0.239 e. The Labute approximate surface area is 101 Å². The quantitative estimate of drug-likeness (QED) is 0.702. The first-order valence-electron chi connectivity index (χ1n) is 6.31. The first kappa shape index (κ1) is 12.4. The van der Waals surface area contributed by atoms with Crippen LogP contribution in [0, 0.1) is 11.8 Å². The number of amides is 2. The molecule has 0 saturated carbocycles. The molecule has 0 aromatic heterocycles. The molecule has 5 nitrogen and oxygen atoms in total. The first-order valence-corrected chi connectivity index (χ1v) is 6.31. The molecule has 2 saturated heterocycles. The van der Waals surface area contributed by atoms with Gasteiger partial charge in [-0.2, -0.15) is 0 Å². The number of nitrogens with one attached hydrogen (secondary N) is 1. The Morgan fingerprint density at radius 3 is 3.12 bits per heavy atom. The van der Waals surface area contributed by atoms with E-state index >= 15 is 0 Å². The predicted octanol–water partition coefficient (Wildman–Crippen LogP) is 0.00750. The lowest BCUT2D eigenvalue weighted by Crippen LogP contribution is -2.44. The van der Waals surface area contributed by atoms with Crippen LogP contribution in [0.15, 0.2) is 0 Å². The SMILES string of the molecule is CC1COCCC1C(=O)N1CCCNC(=O)C1. The summed E-state index contributed by atoms with van der Waals surface area (Å²) in [6.45, 7) is 4.91. The number of nitrogens with zero attached hydrogens (tertiary/aromatic N) is 1. The topological polar surface area (TPSA) is 58.6 Å². The van der Waals surface area contributed by atoms with Crippen LogP contribution in [0.2, 0.25) is 0 Å². The van der Waals surface area contributed by atoms with E-state index in [1.54, 1.807) is 4.90 Å². The second-order valence-corrected chi connectivity index (χ2v) is 4.91. The molecular weight excluding hydrogens is 220 g/mol. The maximum atomic E-state index is 12.4. The second kappa shape index (κ2) is 5.49. The third kappa shape index (κ3) is 2.97. The Balaban J connectivity index is 1.99. The molecule has 96 valence electrons. The standard InChI is InChI=1S/C12H20N2O3/c1-9-8-17-6-3-10(9)12(16)14-5-2-4-13-11(15)7-14/h9-10H,2-8H2,1H3,(H,13,15). The summed E-state index contributed by atoms with van der Waals surface area (Å²) in [6, 6.07) is 0. The van der Waals surface area contributed by atoms with Gasteiger partial charge in [0, 0.05) is 32.2 Å². The van der Waals surface area contributed by atoms with E-state index in [1.165, 1.54) is 0 Å². The van der Waals surface area contributed by atoms with Gasteiger partial charge in [0.1, 0.15) is 0 Å². The molecule has 2 fully saturated rings. The van der Waals surface area contributed by atoms with Gasteiger partial charge in [0.15, 0.2) is 0 Å². The molecule has 0 aliphatic carbocycles. The van der Waals surface area contributed by atoms with Gasteiger partial charge in [-0.15, -0.1) is 0 Å². The average Bonchev–Trinajstić information content (AvgIpc) is 2.54. The van der Waals surface area contributed by atoms with Crippen molar-refractivity contribution in [3.8, 4) is 0 Å². The molecule has 2 unspecified atom stereocenters. The Morgan fingerprint density at radius 1 is 1.53 bits per heavy atom. The molecule has 0 aromatic carbocycles. The monoisotopic (exact) mass is 240 g/mol. The van der Waals surface area contributed by atoms with Gasteiger partial charge >= 0.3 is 0 Å². The largest absolute Gasteiger partial charge is 0.381 e. The zero-order chi connectivity index (χ0) is 12.3. The predicted molar refractivity (Wildman–Crippen MR) is 62.3 cm³/mol. The molecule has 0 aromatic rings. The van der Waals surface area contributed by atoms with Crippen molar-refractivity contribution >= 4 is 11.8 Å². The number of ether oxygens (including phenoxy) is 1. The number of carbonyl (C=O) groups excluding carboxylic acids is 2. The van der Waals surface area contributed by atoms with Crippen LogP contribution in [-0.2, 0) is 14.3 Å². The van der Waals surface area contributed by atoms with Crippen LogP contribution in [0.25, 0.3) is 0 Å². The smallest absolute Gasteiger partial charge is 0.239 e. The third-order valence-corrected chi connectivity index (χ3v) is 3.53. The summed E-state index contributed by atoms with van der Waals surface area (Å²) in [5.41, 5.74) is 0. The van der Waals surface area contributed by atoms with E-state index in [0.29, 0.717) is 26.3 Å². The van der Waals surface area contributed by atoms with E-state index in [-0.39, 0.29) is 30.2 Å². The van der Waals surface area contributed by atoms with Crippen LogP contribution in [0.4, 0.5) is 0 Å². The van der Waals surface area contributed by atoms with Gasteiger partial charge in [-0.05, 0) is 18.8 Å². The fraction of sp³-hybridized carbons (Fsp3) is 0.833. The summed E-state index contributed by atoms with van der Waals surface area (Å²) < 4.78 is 5.35. The first-order chi connectivity index (χ1) is 8.18. The summed E-state index contributed by atoms with van der Waals surface area (Å²) >= 11 is 0. The van der Waals surface area contributed by atoms with Crippen LogP contribution in [-0.4, -0.2) is 49.6 Å². The average molecular weight is 240 g/mol. The summed E-state index contributed by atoms with van der Waals surface area (Å²) in [7, 11) is 0. The van der Waals surface area contributed by atoms with Crippen LogP contribution in [0.1, 0.15) is 19.8 Å². The highest BCUT2D eigenvalue weighted by Gasteiger charge is 2.32. The minimum atomic E-state index is -0.0458. The van der Waals surface area contributed by atoms with E-state index in [0.717, 1.165) is 12.8 Å². The van der Waals surface area contributed by atoms with E-state index in [9.17, 15) is 9.59 Å². The van der Waals surface area contributed by atoms with Crippen molar-refractivity contribution in [1.29, 1.82) is 0 Å². The summed E-state index contributed by atoms with van der Waals surface area (Å²) in [4.78, 5) is 25.5. The molecule has 0 spiro atoms. The molecule has 0 bridgehead atoms. The number of rotatable bonds is 1. The van der Waals surface area contributed by atoms with Gasteiger partial charge in [-0.3, -0.25) is 9.59 Å². The minimum Gasteiger partial charge on any atom is -0.381 e. The molecule has 2 aliphatic rings. The molecule has 2 atom stereocenters. The fourth-order valence-electron chi connectivity index (χ4n) is 2.48. The third-order valence-electron chi connectivity index (χ3n) is 3.53. The van der Waals surface area contributed by atoms with Gasteiger partial charge in [-0.25, -0.2) is 0 Å². The van der Waals surface area contributed by atoms with Crippen LogP contribution in [0.5, 0.6) is 0 Å². The molecule has 2 amide bonds. The van der Waals surface area contributed by atoms with Crippen molar-refractivity contribution in [2.75, 3.05) is 32.8 Å². The van der Waals surface area contributed by atoms with E-state index in [4.69, 9.17) is 4.74 Å². The van der Waals surface area contributed by atoms with Crippen molar-refractivity contribution in [1.82, 2.24) is 10.2 Å². The highest BCUT2D eigenvalue weighted by molar-refractivity contribution is 5.86. The zero-order valence-corrected chi connectivity index (χ0v) is 10.3. The number of hydrogen-bond acceptors (Lipinski definition) is 3. The van der Waals surface area contributed by atoms with Crippen LogP contribution < -0.4 is 5.32 Å². The van der Waals surface area contributed by atoms with E-state index < -0.39 is 0 Å². The molecule has 17 heavy (non-hydrogen) atoms. The van der Waals surface area contributed by atoms with Gasteiger partial charge in [0.25, 0.3) is 0 Å². The lowest BCUT2D eigenvalue weighted by Gasteiger charge is -2.32. The number of carbonyl (C=O) groups is 2. The van der Waals surface area contributed by atoms with E-state index in [1.807, 2.05) is 6.92 Å². The molecule has 2 heterocycles. The Hall–Kier alpha value is -1.10. The van der Waals surface area contributed by atoms with Gasteiger partial charge in [0.2, 0.25) is 11.8 Å². The second-order valence-electron chi connectivity index (χ2n) is 4.91. The normalized spacial score (nSPS) is 30.6. The molecule has 0 radical (unpaired) electrons. The highest BCUT2D eigenvalue weighted by Crippen LogP contribution is 2.23. The summed E-state index contributed by atoms with van der Waals surface area (Å²) in [5.74, 6) is 0.352. The van der Waals surface area contributed by atoms with Crippen LogP contribution in [0.3, 0.4) is 0 Å². The molecular formula is C12H20N2O3. The molecule has 5 heteroatoms. The molecule has 2 rings (SSSR count). The summed E-state index contributed by atoms with van der Waals surface area (Å²) in [6.07, 6.45) is 1.62. The maximum absolute atomic E-state index is 12.4. The number of hydrogen-bond donors (Lipinski definition) is 1. The van der Waals surface area contributed by atoms with Crippen LogP contribution >= 0.6 is 0 Å². The van der Waals surface area contributed by atoms with Crippen molar-refractivity contribution in [2.24, 2.45) is 11.8 Å². The minimum absolute atomic E-state index is 0.0228. The van der Waals surface area contributed by atoms with Crippen molar-refractivity contribution < 1.29 is 14.3 Å². The highest BCUT2D eigenvalue weighted by atomic mass is 16.5. The Morgan fingerprint density at radius 2 is 2.35 bits per heavy atom. The zero-order valence-electron chi connectivity index (χ0n) is 10.3. The summed E-state index contributed by atoms with van der Waals surface area (Å²) in [5, 5.41) is 2.79. The van der Waals surface area contributed by atoms with Gasteiger partial charge in [-0.1, -0.05) is 6.92 Å².